The van der Waals surface area contributed by atoms with Crippen molar-refractivity contribution in [3.63, 3.8) is 0 Å². The fraction of sp³-hybridized carbons (Fsp3) is 0.909. The first-order valence-electron chi connectivity index (χ1n) is 5.59. The average Bonchev–Trinajstić information content (AvgIpc) is 2.13. The van der Waals surface area contributed by atoms with Gasteiger partial charge in [-0.15, -0.1) is 0 Å². The molecule has 0 aliphatic rings. The maximum absolute atomic E-state index is 11.4. The second-order valence-electron chi connectivity index (χ2n) is 4.15. The number of rotatable bonds is 7. The summed E-state index contributed by atoms with van der Waals surface area (Å²) >= 11 is 0. The molecule has 0 saturated carbocycles. The molecular weight excluding hydrogens is 176 g/mol. The van der Waals surface area contributed by atoms with Gasteiger partial charge in [-0.05, 0) is 32.2 Å². The minimum absolute atomic E-state index is 0.0692. The van der Waals surface area contributed by atoms with Gasteiger partial charge in [0.15, 0.2) is 0 Å². The van der Waals surface area contributed by atoms with Gasteiger partial charge in [0.25, 0.3) is 0 Å². The van der Waals surface area contributed by atoms with Crippen LogP contribution in [-0.2, 0) is 4.79 Å². The van der Waals surface area contributed by atoms with Gasteiger partial charge in [-0.3, -0.25) is 4.79 Å². The van der Waals surface area contributed by atoms with Gasteiger partial charge >= 0.3 is 0 Å². The lowest BCUT2D eigenvalue weighted by molar-refractivity contribution is -0.122. The van der Waals surface area contributed by atoms with E-state index in [0.29, 0.717) is 5.92 Å². The molecule has 0 spiro atoms. The van der Waals surface area contributed by atoms with Gasteiger partial charge in [0.2, 0.25) is 5.91 Å². The number of carbonyl (C=O) groups is 1. The highest BCUT2D eigenvalue weighted by Crippen LogP contribution is 1.97. The molecule has 0 radical (unpaired) electrons. The molecule has 0 saturated heterocycles. The smallest absolute Gasteiger partial charge is 0.236 e. The van der Waals surface area contributed by atoms with Crippen molar-refractivity contribution in [1.82, 2.24) is 10.6 Å². The zero-order valence-electron chi connectivity index (χ0n) is 9.89. The molecule has 0 aliphatic heterocycles. The summed E-state index contributed by atoms with van der Waals surface area (Å²) in [6.07, 6.45) is 2.11. The van der Waals surface area contributed by atoms with E-state index < -0.39 is 0 Å². The van der Waals surface area contributed by atoms with Crippen LogP contribution in [0.3, 0.4) is 0 Å². The third-order valence-corrected chi connectivity index (χ3v) is 2.11. The van der Waals surface area contributed by atoms with Crippen LogP contribution in [0.1, 0.15) is 40.5 Å². The third kappa shape index (κ3) is 6.89. The van der Waals surface area contributed by atoms with Crippen LogP contribution >= 0.6 is 0 Å². The van der Waals surface area contributed by atoms with Crippen molar-refractivity contribution in [2.45, 2.75) is 46.6 Å². The first-order chi connectivity index (χ1) is 6.57. The second-order valence-corrected chi connectivity index (χ2v) is 4.15. The van der Waals surface area contributed by atoms with Gasteiger partial charge in [-0.2, -0.15) is 0 Å². The molecule has 0 heterocycles. The Bertz CT molecular complexity index is 157. The van der Waals surface area contributed by atoms with Crippen molar-refractivity contribution in [2.75, 3.05) is 13.1 Å². The Morgan fingerprint density at radius 1 is 1.21 bits per heavy atom. The van der Waals surface area contributed by atoms with Crippen LogP contribution in [0.5, 0.6) is 0 Å². The summed E-state index contributed by atoms with van der Waals surface area (Å²) in [5.74, 6) is 0.795. The van der Waals surface area contributed by atoms with Crippen molar-refractivity contribution in [2.24, 2.45) is 5.92 Å². The van der Waals surface area contributed by atoms with Crippen molar-refractivity contribution in [1.29, 1.82) is 0 Å². The van der Waals surface area contributed by atoms with E-state index in [2.05, 4.69) is 31.4 Å². The maximum Gasteiger partial charge on any atom is 0.236 e. The van der Waals surface area contributed by atoms with E-state index in [1.165, 1.54) is 0 Å². The van der Waals surface area contributed by atoms with Gasteiger partial charge in [-0.25, -0.2) is 0 Å². The quantitative estimate of drug-likeness (QED) is 0.654. The largest absolute Gasteiger partial charge is 0.355 e. The van der Waals surface area contributed by atoms with Crippen molar-refractivity contribution in [3.05, 3.63) is 0 Å². The minimum atomic E-state index is -0.0692. The Morgan fingerprint density at radius 3 is 2.36 bits per heavy atom. The molecule has 14 heavy (non-hydrogen) atoms. The molecule has 0 aromatic heterocycles. The van der Waals surface area contributed by atoms with Crippen LogP contribution in [0.25, 0.3) is 0 Å². The lowest BCUT2D eigenvalue weighted by Gasteiger charge is -2.14. The molecule has 0 aliphatic carbocycles. The molecule has 1 atom stereocenters. The van der Waals surface area contributed by atoms with E-state index in [4.69, 9.17) is 0 Å². The molecule has 1 amide bonds. The molecule has 84 valence electrons. The highest BCUT2D eigenvalue weighted by atomic mass is 16.2. The molecule has 0 aromatic carbocycles. The molecule has 0 bridgehead atoms. The van der Waals surface area contributed by atoms with E-state index >= 15 is 0 Å². The summed E-state index contributed by atoms with van der Waals surface area (Å²) in [7, 11) is 0. The second kappa shape index (κ2) is 7.80. The first-order valence-corrected chi connectivity index (χ1v) is 5.59. The number of carbonyl (C=O) groups excluding carboxylic acids is 1. The minimum Gasteiger partial charge on any atom is -0.355 e. The highest BCUT2D eigenvalue weighted by molar-refractivity contribution is 5.81. The Balaban J connectivity index is 3.51. The molecule has 3 heteroatoms. The number of amides is 1. The summed E-state index contributed by atoms with van der Waals surface area (Å²) in [6, 6.07) is -0.0692. The first kappa shape index (κ1) is 13.4. The SMILES string of the molecule is CCCNC(=O)[C@@H](C)NCCC(C)C. The lowest BCUT2D eigenvalue weighted by atomic mass is 10.1. The van der Waals surface area contributed by atoms with Crippen LogP contribution in [0.15, 0.2) is 0 Å². The standard InChI is InChI=1S/C11H24N2O/c1-5-7-13-11(14)10(4)12-8-6-9(2)3/h9-10,12H,5-8H2,1-4H3,(H,13,14)/t10-/m1/s1. The zero-order valence-corrected chi connectivity index (χ0v) is 9.89. The summed E-state index contributed by atoms with van der Waals surface area (Å²) in [4.78, 5) is 11.4. The topological polar surface area (TPSA) is 41.1 Å². The monoisotopic (exact) mass is 200 g/mol. The summed E-state index contributed by atoms with van der Waals surface area (Å²) in [5.41, 5.74) is 0. The lowest BCUT2D eigenvalue weighted by Crippen LogP contribution is -2.42. The molecule has 0 rings (SSSR count). The van der Waals surface area contributed by atoms with E-state index in [1.54, 1.807) is 0 Å². The van der Waals surface area contributed by atoms with Gasteiger partial charge in [-0.1, -0.05) is 20.8 Å². The van der Waals surface area contributed by atoms with Gasteiger partial charge in [0.1, 0.15) is 0 Å². The Labute approximate surface area is 87.6 Å². The zero-order chi connectivity index (χ0) is 11.0. The maximum atomic E-state index is 11.4. The van der Waals surface area contributed by atoms with Crippen molar-refractivity contribution >= 4 is 5.91 Å². The Kier molecular flexibility index (Phi) is 7.48. The summed E-state index contributed by atoms with van der Waals surface area (Å²) in [6.45, 7) is 10.0. The van der Waals surface area contributed by atoms with E-state index in [9.17, 15) is 4.79 Å². The summed E-state index contributed by atoms with van der Waals surface area (Å²) in [5, 5.41) is 6.08. The number of nitrogens with one attached hydrogen (secondary N) is 2. The average molecular weight is 200 g/mol. The predicted molar refractivity (Wildman–Crippen MR) is 60.2 cm³/mol. The van der Waals surface area contributed by atoms with Gasteiger partial charge in [0, 0.05) is 6.54 Å². The van der Waals surface area contributed by atoms with Crippen LogP contribution in [0, 0.1) is 5.92 Å². The van der Waals surface area contributed by atoms with Crippen molar-refractivity contribution < 1.29 is 4.79 Å². The normalized spacial score (nSPS) is 12.9. The molecule has 0 unspecified atom stereocenters. The molecule has 2 N–H and O–H groups in total. The number of hydrogen-bond acceptors (Lipinski definition) is 2. The van der Waals surface area contributed by atoms with E-state index in [-0.39, 0.29) is 11.9 Å². The van der Waals surface area contributed by atoms with Crippen LogP contribution < -0.4 is 10.6 Å². The van der Waals surface area contributed by atoms with Crippen molar-refractivity contribution in [3.8, 4) is 0 Å². The highest BCUT2D eigenvalue weighted by Gasteiger charge is 2.10. The molecule has 0 fully saturated rings. The van der Waals surface area contributed by atoms with E-state index in [0.717, 1.165) is 25.9 Å². The Morgan fingerprint density at radius 2 is 1.86 bits per heavy atom. The number of hydrogen-bond donors (Lipinski definition) is 2. The summed E-state index contributed by atoms with van der Waals surface area (Å²) < 4.78 is 0. The molecule has 0 aromatic rings. The van der Waals surface area contributed by atoms with Gasteiger partial charge < -0.3 is 10.6 Å². The van der Waals surface area contributed by atoms with Gasteiger partial charge in [0.05, 0.1) is 6.04 Å². The van der Waals surface area contributed by atoms with Crippen LogP contribution in [0.2, 0.25) is 0 Å². The molecule has 3 nitrogen and oxygen atoms in total. The van der Waals surface area contributed by atoms with Crippen LogP contribution in [0.4, 0.5) is 0 Å². The Hall–Kier alpha value is -0.570. The molecular formula is C11H24N2O. The predicted octanol–water partition coefficient (Wildman–Crippen LogP) is 1.54. The van der Waals surface area contributed by atoms with Crippen LogP contribution in [-0.4, -0.2) is 25.0 Å². The third-order valence-electron chi connectivity index (χ3n) is 2.11. The van der Waals surface area contributed by atoms with E-state index in [1.807, 2.05) is 6.92 Å². The fourth-order valence-electron chi connectivity index (χ4n) is 1.08. The fourth-order valence-corrected chi connectivity index (χ4v) is 1.08.